The molecular weight excluding hydrogens is 230 g/mol. The van der Waals surface area contributed by atoms with Gasteiger partial charge in [0.1, 0.15) is 17.9 Å². The van der Waals surface area contributed by atoms with Crippen LogP contribution in [0.25, 0.3) is 0 Å². The van der Waals surface area contributed by atoms with E-state index in [1.165, 1.54) is 0 Å². The first-order valence-electron chi connectivity index (χ1n) is 6.35. The molecule has 1 saturated heterocycles. The number of piperidine rings is 1. The molecule has 0 aromatic heterocycles. The van der Waals surface area contributed by atoms with Gasteiger partial charge in [0.2, 0.25) is 0 Å². The Balaban J connectivity index is 1.82. The second kappa shape index (κ2) is 5.87. The van der Waals surface area contributed by atoms with Crippen LogP contribution >= 0.6 is 0 Å². The molecule has 0 saturated carbocycles. The Morgan fingerprint density at radius 2 is 1.94 bits per heavy atom. The summed E-state index contributed by atoms with van der Waals surface area (Å²) in [7, 11) is 0. The van der Waals surface area contributed by atoms with Crippen molar-refractivity contribution in [2.75, 3.05) is 13.1 Å². The molecule has 1 N–H and O–H groups in total. The Morgan fingerprint density at radius 1 is 1.33 bits per heavy atom. The molecule has 1 aliphatic rings. The van der Waals surface area contributed by atoms with Gasteiger partial charge in [-0.05, 0) is 31.9 Å². The van der Waals surface area contributed by atoms with Gasteiger partial charge in [0.15, 0.2) is 0 Å². The fourth-order valence-corrected chi connectivity index (χ4v) is 2.23. The summed E-state index contributed by atoms with van der Waals surface area (Å²) in [4.78, 5) is 12.9. The summed E-state index contributed by atoms with van der Waals surface area (Å²) in [5, 5.41) is 8.96. The van der Waals surface area contributed by atoms with Crippen LogP contribution in [0, 0.1) is 0 Å². The predicted octanol–water partition coefficient (Wildman–Crippen LogP) is 2.00. The third-order valence-electron chi connectivity index (χ3n) is 3.43. The van der Waals surface area contributed by atoms with E-state index in [2.05, 4.69) is 0 Å². The lowest BCUT2D eigenvalue weighted by Gasteiger charge is -2.34. The van der Waals surface area contributed by atoms with E-state index in [-0.39, 0.29) is 6.10 Å². The molecule has 1 atom stereocenters. The van der Waals surface area contributed by atoms with Crippen LogP contribution in [-0.2, 0) is 4.79 Å². The standard InChI is InChI=1S/C14H19NO3/c1-11(14(16)17)15-9-7-13(8-10-15)18-12-5-3-2-4-6-12/h2-6,11,13H,7-10H2,1H3,(H,16,17). The van der Waals surface area contributed by atoms with Crippen molar-refractivity contribution < 1.29 is 14.6 Å². The number of ether oxygens (including phenoxy) is 1. The number of aliphatic carboxylic acids is 1. The van der Waals surface area contributed by atoms with Crippen molar-refractivity contribution in [1.29, 1.82) is 0 Å². The molecule has 0 bridgehead atoms. The topological polar surface area (TPSA) is 49.8 Å². The molecule has 1 aromatic rings. The second-order valence-electron chi connectivity index (χ2n) is 4.68. The maximum absolute atomic E-state index is 10.9. The summed E-state index contributed by atoms with van der Waals surface area (Å²) in [5.74, 6) is 0.139. The number of benzene rings is 1. The lowest BCUT2D eigenvalue weighted by atomic mass is 10.1. The van der Waals surface area contributed by atoms with Crippen LogP contribution in [0.5, 0.6) is 5.75 Å². The first-order valence-corrected chi connectivity index (χ1v) is 6.35. The van der Waals surface area contributed by atoms with Crippen molar-refractivity contribution in [3.05, 3.63) is 30.3 Å². The zero-order chi connectivity index (χ0) is 13.0. The highest BCUT2D eigenvalue weighted by Crippen LogP contribution is 2.19. The summed E-state index contributed by atoms with van der Waals surface area (Å²) < 4.78 is 5.87. The van der Waals surface area contributed by atoms with Crippen molar-refractivity contribution in [3.63, 3.8) is 0 Å². The van der Waals surface area contributed by atoms with Gasteiger partial charge in [-0.15, -0.1) is 0 Å². The average Bonchev–Trinajstić information content (AvgIpc) is 2.40. The van der Waals surface area contributed by atoms with Gasteiger partial charge in [-0.25, -0.2) is 0 Å². The van der Waals surface area contributed by atoms with Gasteiger partial charge in [-0.2, -0.15) is 0 Å². The maximum Gasteiger partial charge on any atom is 0.320 e. The Bertz CT molecular complexity index is 385. The van der Waals surface area contributed by atoms with Crippen molar-refractivity contribution in [2.45, 2.75) is 31.9 Å². The van der Waals surface area contributed by atoms with Crippen molar-refractivity contribution in [3.8, 4) is 5.75 Å². The fourth-order valence-electron chi connectivity index (χ4n) is 2.23. The third kappa shape index (κ3) is 3.23. The lowest BCUT2D eigenvalue weighted by Crippen LogP contribution is -2.46. The van der Waals surface area contributed by atoms with Gasteiger partial charge in [0.25, 0.3) is 0 Å². The third-order valence-corrected chi connectivity index (χ3v) is 3.43. The largest absolute Gasteiger partial charge is 0.490 e. The van der Waals surface area contributed by atoms with E-state index in [0.717, 1.165) is 31.7 Å². The van der Waals surface area contributed by atoms with Crippen LogP contribution in [0.4, 0.5) is 0 Å². The quantitative estimate of drug-likeness (QED) is 0.886. The van der Waals surface area contributed by atoms with E-state index in [1.807, 2.05) is 35.2 Å². The van der Waals surface area contributed by atoms with E-state index in [1.54, 1.807) is 6.92 Å². The SMILES string of the molecule is CC(C(=O)O)N1CCC(Oc2ccccc2)CC1. The van der Waals surface area contributed by atoms with Crippen molar-refractivity contribution >= 4 is 5.97 Å². The molecular formula is C14H19NO3. The number of carboxylic acids is 1. The Labute approximate surface area is 107 Å². The Kier molecular flexibility index (Phi) is 4.20. The monoisotopic (exact) mass is 249 g/mol. The Hall–Kier alpha value is -1.55. The highest BCUT2D eigenvalue weighted by Gasteiger charge is 2.26. The minimum atomic E-state index is -0.752. The molecule has 1 fully saturated rings. The summed E-state index contributed by atoms with van der Waals surface area (Å²) in [6.07, 6.45) is 1.96. The summed E-state index contributed by atoms with van der Waals surface area (Å²) >= 11 is 0. The van der Waals surface area contributed by atoms with E-state index < -0.39 is 12.0 Å². The van der Waals surface area contributed by atoms with Gasteiger partial charge in [-0.1, -0.05) is 18.2 Å². The van der Waals surface area contributed by atoms with E-state index in [4.69, 9.17) is 9.84 Å². The van der Waals surface area contributed by atoms with Crippen LogP contribution in [0.3, 0.4) is 0 Å². The number of carbonyl (C=O) groups is 1. The van der Waals surface area contributed by atoms with Gasteiger partial charge in [0, 0.05) is 13.1 Å². The normalized spacial score (nSPS) is 19.4. The van der Waals surface area contributed by atoms with Gasteiger partial charge < -0.3 is 9.84 Å². The summed E-state index contributed by atoms with van der Waals surface area (Å²) in [6.45, 7) is 3.30. The molecule has 2 rings (SSSR count). The molecule has 1 heterocycles. The summed E-state index contributed by atoms with van der Waals surface area (Å²) in [5.41, 5.74) is 0. The number of likely N-dealkylation sites (tertiary alicyclic amines) is 1. The van der Waals surface area contributed by atoms with Crippen LogP contribution in [0.1, 0.15) is 19.8 Å². The fraction of sp³-hybridized carbons (Fsp3) is 0.500. The number of rotatable bonds is 4. The molecule has 4 nitrogen and oxygen atoms in total. The first-order chi connectivity index (χ1) is 8.66. The molecule has 1 aliphatic heterocycles. The van der Waals surface area contributed by atoms with Crippen LogP contribution in [0.2, 0.25) is 0 Å². The van der Waals surface area contributed by atoms with Crippen molar-refractivity contribution in [2.24, 2.45) is 0 Å². The van der Waals surface area contributed by atoms with Crippen molar-refractivity contribution in [1.82, 2.24) is 4.90 Å². The highest BCUT2D eigenvalue weighted by molar-refractivity contribution is 5.72. The highest BCUT2D eigenvalue weighted by atomic mass is 16.5. The van der Waals surface area contributed by atoms with E-state index in [9.17, 15) is 4.79 Å². The number of para-hydroxylation sites is 1. The zero-order valence-electron chi connectivity index (χ0n) is 10.6. The number of hydrogen-bond donors (Lipinski definition) is 1. The number of hydrogen-bond acceptors (Lipinski definition) is 3. The van der Waals surface area contributed by atoms with Crippen LogP contribution < -0.4 is 4.74 Å². The van der Waals surface area contributed by atoms with Crippen LogP contribution in [-0.4, -0.2) is 41.2 Å². The van der Waals surface area contributed by atoms with E-state index >= 15 is 0 Å². The first kappa shape index (κ1) is 12.9. The zero-order valence-corrected chi connectivity index (χ0v) is 10.6. The lowest BCUT2D eigenvalue weighted by molar-refractivity contribution is -0.143. The molecule has 1 aromatic carbocycles. The molecule has 1 unspecified atom stereocenters. The minimum Gasteiger partial charge on any atom is -0.490 e. The Morgan fingerprint density at radius 3 is 2.50 bits per heavy atom. The summed E-state index contributed by atoms with van der Waals surface area (Å²) in [6, 6.07) is 9.37. The van der Waals surface area contributed by atoms with Gasteiger partial charge in [0.05, 0.1) is 0 Å². The number of nitrogens with zero attached hydrogens (tertiary/aromatic N) is 1. The molecule has 0 spiro atoms. The smallest absolute Gasteiger partial charge is 0.320 e. The molecule has 0 aliphatic carbocycles. The molecule has 18 heavy (non-hydrogen) atoms. The maximum atomic E-state index is 10.9. The van der Waals surface area contributed by atoms with Crippen LogP contribution in [0.15, 0.2) is 30.3 Å². The molecule has 0 radical (unpaired) electrons. The van der Waals surface area contributed by atoms with Gasteiger partial charge in [-0.3, -0.25) is 9.69 Å². The number of carboxylic acid groups (broad SMARTS) is 1. The molecule has 4 heteroatoms. The minimum absolute atomic E-state index is 0.199. The van der Waals surface area contributed by atoms with E-state index in [0.29, 0.717) is 0 Å². The second-order valence-corrected chi connectivity index (χ2v) is 4.68. The average molecular weight is 249 g/mol. The van der Waals surface area contributed by atoms with Gasteiger partial charge >= 0.3 is 5.97 Å². The molecule has 98 valence electrons. The molecule has 0 amide bonds. The predicted molar refractivity (Wildman–Crippen MR) is 68.8 cm³/mol.